The minimum Gasteiger partial charge on any atom is -0.480 e. The molecule has 0 aromatic carbocycles. The summed E-state index contributed by atoms with van der Waals surface area (Å²) in [5.41, 5.74) is -0.809. The molecule has 0 spiro atoms. The molecule has 4 heteroatoms. The first kappa shape index (κ1) is 15.4. The van der Waals surface area contributed by atoms with Crippen LogP contribution in [-0.4, -0.2) is 47.7 Å². The van der Waals surface area contributed by atoms with Crippen LogP contribution in [0.15, 0.2) is 0 Å². The van der Waals surface area contributed by atoms with Crippen molar-refractivity contribution in [2.75, 3.05) is 20.1 Å². The number of aliphatic carboxylic acids is 1. The number of hydrogen-bond acceptors (Lipinski definition) is 3. The fraction of sp³-hybridized carbons (Fsp3) is 0.917. The Morgan fingerprint density at radius 3 is 2.44 bits per heavy atom. The van der Waals surface area contributed by atoms with Crippen molar-refractivity contribution in [3.63, 3.8) is 0 Å². The maximum absolute atomic E-state index is 11.2. The van der Waals surface area contributed by atoms with E-state index in [1.54, 1.807) is 6.92 Å². The summed E-state index contributed by atoms with van der Waals surface area (Å²) >= 11 is 0. The molecule has 0 heterocycles. The lowest BCUT2D eigenvalue weighted by Gasteiger charge is -2.30. The van der Waals surface area contributed by atoms with Gasteiger partial charge >= 0.3 is 5.97 Å². The van der Waals surface area contributed by atoms with Crippen LogP contribution < -0.4 is 5.32 Å². The van der Waals surface area contributed by atoms with Crippen molar-refractivity contribution in [3.05, 3.63) is 0 Å². The third-order valence-corrected chi connectivity index (χ3v) is 3.35. The Kier molecular flexibility index (Phi) is 6.60. The van der Waals surface area contributed by atoms with E-state index in [-0.39, 0.29) is 0 Å². The molecule has 0 aliphatic heterocycles. The predicted octanol–water partition coefficient (Wildman–Crippen LogP) is 1.56. The molecule has 0 fully saturated rings. The largest absolute Gasteiger partial charge is 0.480 e. The molecule has 0 aliphatic carbocycles. The first-order valence-electron chi connectivity index (χ1n) is 6.06. The maximum atomic E-state index is 11.2. The summed E-state index contributed by atoms with van der Waals surface area (Å²) in [6.07, 6.45) is 1.71. The number of carbonyl (C=O) groups is 1. The van der Waals surface area contributed by atoms with Crippen LogP contribution >= 0.6 is 0 Å². The highest BCUT2D eigenvalue weighted by atomic mass is 16.4. The van der Waals surface area contributed by atoms with Gasteiger partial charge in [0.1, 0.15) is 5.54 Å². The van der Waals surface area contributed by atoms with Gasteiger partial charge in [-0.3, -0.25) is 4.79 Å². The molecule has 0 radical (unpaired) electrons. The lowest BCUT2D eigenvalue weighted by atomic mass is 9.97. The van der Waals surface area contributed by atoms with Gasteiger partial charge in [-0.25, -0.2) is 0 Å². The highest BCUT2D eigenvalue weighted by molar-refractivity contribution is 5.78. The topological polar surface area (TPSA) is 52.6 Å². The van der Waals surface area contributed by atoms with Gasteiger partial charge in [-0.1, -0.05) is 13.8 Å². The average Bonchev–Trinajstić information content (AvgIpc) is 2.24. The molecule has 2 N–H and O–H groups in total. The smallest absolute Gasteiger partial charge is 0.323 e. The van der Waals surface area contributed by atoms with E-state index >= 15 is 0 Å². The minimum atomic E-state index is -0.809. The molecule has 0 saturated carbocycles. The predicted molar refractivity (Wildman–Crippen MR) is 66.7 cm³/mol. The highest BCUT2D eigenvalue weighted by Gasteiger charge is 2.32. The van der Waals surface area contributed by atoms with Crippen LogP contribution in [0.3, 0.4) is 0 Å². The van der Waals surface area contributed by atoms with Crippen LogP contribution in [0.25, 0.3) is 0 Å². The Labute approximate surface area is 99.0 Å². The summed E-state index contributed by atoms with van der Waals surface area (Å²) in [6.45, 7) is 9.46. The van der Waals surface area contributed by atoms with Crippen LogP contribution in [0.2, 0.25) is 0 Å². The Morgan fingerprint density at radius 2 is 2.06 bits per heavy atom. The third-order valence-electron chi connectivity index (χ3n) is 3.35. The van der Waals surface area contributed by atoms with E-state index in [9.17, 15) is 9.90 Å². The second kappa shape index (κ2) is 6.86. The van der Waals surface area contributed by atoms with E-state index in [2.05, 4.69) is 24.1 Å². The number of nitrogens with zero attached hydrogens (tertiary/aromatic N) is 1. The summed E-state index contributed by atoms with van der Waals surface area (Å²) in [4.78, 5) is 13.4. The Hall–Kier alpha value is -0.610. The summed E-state index contributed by atoms with van der Waals surface area (Å²) in [6, 6.07) is 0.500. The van der Waals surface area contributed by atoms with Crippen molar-refractivity contribution in [1.29, 1.82) is 0 Å². The molecular formula is C12H26N2O2. The molecule has 4 nitrogen and oxygen atoms in total. The average molecular weight is 230 g/mol. The van der Waals surface area contributed by atoms with Crippen molar-refractivity contribution in [2.45, 2.75) is 52.1 Å². The van der Waals surface area contributed by atoms with Crippen molar-refractivity contribution in [1.82, 2.24) is 10.2 Å². The molecule has 16 heavy (non-hydrogen) atoms. The first-order chi connectivity index (χ1) is 7.37. The monoisotopic (exact) mass is 230 g/mol. The van der Waals surface area contributed by atoms with E-state index in [1.165, 1.54) is 0 Å². The Bertz CT molecular complexity index is 221. The summed E-state index contributed by atoms with van der Waals surface area (Å²) < 4.78 is 0. The molecular weight excluding hydrogens is 204 g/mol. The van der Waals surface area contributed by atoms with Gasteiger partial charge < -0.3 is 15.3 Å². The van der Waals surface area contributed by atoms with Crippen molar-refractivity contribution in [3.8, 4) is 0 Å². The van der Waals surface area contributed by atoms with Crippen molar-refractivity contribution in [2.24, 2.45) is 0 Å². The fourth-order valence-electron chi connectivity index (χ4n) is 1.59. The van der Waals surface area contributed by atoms with Crippen molar-refractivity contribution >= 4 is 5.97 Å². The maximum Gasteiger partial charge on any atom is 0.323 e. The minimum absolute atomic E-state index is 0.500. The third kappa shape index (κ3) is 4.49. The summed E-state index contributed by atoms with van der Waals surface area (Å²) in [7, 11) is 2.04. The Balaban J connectivity index is 4.27. The van der Waals surface area contributed by atoms with Gasteiger partial charge in [0, 0.05) is 12.6 Å². The van der Waals surface area contributed by atoms with Gasteiger partial charge in [-0.15, -0.1) is 0 Å². The molecule has 2 atom stereocenters. The number of rotatable bonds is 8. The van der Waals surface area contributed by atoms with E-state index in [1.807, 2.05) is 14.0 Å². The van der Waals surface area contributed by atoms with Gasteiger partial charge in [0.05, 0.1) is 0 Å². The molecule has 0 rings (SSSR count). The van der Waals surface area contributed by atoms with E-state index in [0.717, 1.165) is 13.0 Å². The fourth-order valence-corrected chi connectivity index (χ4v) is 1.59. The SMILES string of the molecule is CCNC(C)(CCN(C)C(C)CC)C(=O)O. The summed E-state index contributed by atoms with van der Waals surface area (Å²) in [5, 5.41) is 12.2. The van der Waals surface area contributed by atoms with Gasteiger partial charge in [-0.05, 0) is 40.3 Å². The van der Waals surface area contributed by atoms with Crippen LogP contribution in [0, 0.1) is 0 Å². The van der Waals surface area contributed by atoms with E-state index in [4.69, 9.17) is 0 Å². The normalized spacial score (nSPS) is 17.1. The number of carboxylic acid groups (broad SMARTS) is 1. The van der Waals surface area contributed by atoms with Crippen molar-refractivity contribution < 1.29 is 9.90 Å². The van der Waals surface area contributed by atoms with Gasteiger partial charge in [0.25, 0.3) is 0 Å². The zero-order chi connectivity index (χ0) is 12.8. The molecule has 0 aromatic heterocycles. The molecule has 0 saturated heterocycles. The van der Waals surface area contributed by atoms with Gasteiger partial charge in [-0.2, -0.15) is 0 Å². The first-order valence-corrected chi connectivity index (χ1v) is 6.06. The zero-order valence-corrected chi connectivity index (χ0v) is 11.2. The van der Waals surface area contributed by atoms with Crippen LogP contribution in [0.1, 0.15) is 40.5 Å². The number of carboxylic acids is 1. The second-order valence-corrected chi connectivity index (χ2v) is 4.66. The number of hydrogen-bond donors (Lipinski definition) is 2. The van der Waals surface area contributed by atoms with Crippen LogP contribution in [-0.2, 0) is 4.79 Å². The molecule has 96 valence electrons. The quantitative estimate of drug-likeness (QED) is 0.664. The second-order valence-electron chi connectivity index (χ2n) is 4.66. The molecule has 0 aromatic rings. The summed E-state index contributed by atoms with van der Waals surface area (Å²) in [5.74, 6) is -0.771. The van der Waals surface area contributed by atoms with Gasteiger partial charge in [0.2, 0.25) is 0 Å². The highest BCUT2D eigenvalue weighted by Crippen LogP contribution is 2.12. The molecule has 2 unspecified atom stereocenters. The van der Waals surface area contributed by atoms with E-state index < -0.39 is 11.5 Å². The van der Waals surface area contributed by atoms with Crippen LogP contribution in [0.5, 0.6) is 0 Å². The molecule has 0 bridgehead atoms. The van der Waals surface area contributed by atoms with Gasteiger partial charge in [0.15, 0.2) is 0 Å². The Morgan fingerprint density at radius 1 is 1.50 bits per heavy atom. The molecule has 0 amide bonds. The molecule has 0 aliphatic rings. The number of nitrogens with one attached hydrogen (secondary N) is 1. The van der Waals surface area contributed by atoms with Crippen LogP contribution in [0.4, 0.5) is 0 Å². The lowest BCUT2D eigenvalue weighted by molar-refractivity contribution is -0.144. The standard InChI is InChI=1S/C12H26N2O2/c1-6-10(3)14(5)9-8-12(4,11(15)16)13-7-2/h10,13H,6-9H2,1-5H3,(H,15,16). The zero-order valence-electron chi connectivity index (χ0n) is 11.2. The van der Waals surface area contributed by atoms with E-state index in [0.29, 0.717) is 19.0 Å². The lowest BCUT2D eigenvalue weighted by Crippen LogP contribution is -2.51. The number of likely N-dealkylation sites (N-methyl/N-ethyl adjacent to an activating group) is 1.